The largest absolute Gasteiger partial charge is 0.497 e. The van der Waals surface area contributed by atoms with Gasteiger partial charge in [0.2, 0.25) is 0 Å². The fourth-order valence-electron chi connectivity index (χ4n) is 3.96. The first kappa shape index (κ1) is 21.2. The lowest BCUT2D eigenvalue weighted by molar-refractivity contribution is 0.122. The lowest BCUT2D eigenvalue weighted by atomic mass is 10.2. The summed E-state index contributed by atoms with van der Waals surface area (Å²) in [7, 11) is 1.66. The minimum Gasteiger partial charge on any atom is -0.497 e. The maximum atomic E-state index is 5.46. The summed E-state index contributed by atoms with van der Waals surface area (Å²) >= 11 is 0. The molecule has 1 aliphatic rings. The number of nitrogens with one attached hydrogen (secondary N) is 1. The normalized spacial score (nSPS) is 14.1. The molecule has 1 aliphatic heterocycles. The van der Waals surface area contributed by atoms with Gasteiger partial charge in [-0.3, -0.25) is 0 Å². The molecule has 0 aliphatic carbocycles. The third kappa shape index (κ3) is 4.34. The molecule has 0 radical (unpaired) electrons. The van der Waals surface area contributed by atoms with Crippen molar-refractivity contribution in [2.75, 3.05) is 43.6 Å². The van der Waals surface area contributed by atoms with E-state index in [4.69, 9.17) is 19.4 Å². The number of methoxy groups -OCH3 is 1. The standard InChI is InChI=1S/C25H28N6O2/c1-17(2)31-16-26-22-24(27-19-6-8-20(9-7-19)30-12-14-33-15-13-30)28-23(29-25(22)31)18-4-10-21(32-3)11-5-18/h4-11,16-17H,12-15H2,1-3H3,(H,27,28,29). The molecule has 4 aromatic rings. The van der Waals surface area contributed by atoms with E-state index in [1.807, 2.05) is 30.6 Å². The number of nitrogens with zero attached hydrogens (tertiary/aromatic N) is 5. The summed E-state index contributed by atoms with van der Waals surface area (Å²) in [6.07, 6.45) is 1.83. The van der Waals surface area contributed by atoms with Crippen molar-refractivity contribution in [3.8, 4) is 17.1 Å². The SMILES string of the molecule is COc1ccc(-c2nc(Nc3ccc(N4CCOCC4)cc3)c3ncn(C(C)C)c3n2)cc1. The Morgan fingerprint density at radius 1 is 0.970 bits per heavy atom. The second-order valence-electron chi connectivity index (χ2n) is 8.31. The highest BCUT2D eigenvalue weighted by Crippen LogP contribution is 2.29. The third-order valence-corrected chi connectivity index (χ3v) is 5.83. The number of imidazole rings is 1. The molecule has 8 heteroatoms. The van der Waals surface area contributed by atoms with Crippen LogP contribution >= 0.6 is 0 Å². The van der Waals surface area contributed by atoms with Crippen LogP contribution in [0.2, 0.25) is 0 Å². The number of hydrogen-bond donors (Lipinski definition) is 1. The Morgan fingerprint density at radius 2 is 1.70 bits per heavy atom. The second-order valence-corrected chi connectivity index (χ2v) is 8.31. The van der Waals surface area contributed by atoms with Gasteiger partial charge >= 0.3 is 0 Å². The number of ether oxygens (including phenoxy) is 2. The molecule has 3 heterocycles. The fraction of sp³-hybridized carbons (Fsp3) is 0.320. The molecule has 1 saturated heterocycles. The first-order chi connectivity index (χ1) is 16.1. The maximum absolute atomic E-state index is 5.46. The average Bonchev–Trinajstić information content (AvgIpc) is 3.30. The van der Waals surface area contributed by atoms with Crippen LogP contribution in [0.3, 0.4) is 0 Å². The lowest BCUT2D eigenvalue weighted by Gasteiger charge is -2.28. The Kier molecular flexibility index (Phi) is 5.83. The average molecular weight is 445 g/mol. The smallest absolute Gasteiger partial charge is 0.166 e. The summed E-state index contributed by atoms with van der Waals surface area (Å²) in [5.74, 6) is 2.12. The van der Waals surface area contributed by atoms with Crippen LogP contribution in [0.15, 0.2) is 54.9 Å². The van der Waals surface area contributed by atoms with Crippen molar-refractivity contribution in [1.29, 1.82) is 0 Å². The van der Waals surface area contributed by atoms with Crippen molar-refractivity contribution in [3.63, 3.8) is 0 Å². The van der Waals surface area contributed by atoms with E-state index in [-0.39, 0.29) is 6.04 Å². The van der Waals surface area contributed by atoms with Crippen LogP contribution in [0.4, 0.5) is 17.2 Å². The van der Waals surface area contributed by atoms with Gasteiger partial charge in [-0.05, 0) is 62.4 Å². The van der Waals surface area contributed by atoms with Crippen molar-refractivity contribution >= 4 is 28.4 Å². The van der Waals surface area contributed by atoms with Crippen LogP contribution < -0.4 is 15.0 Å². The lowest BCUT2D eigenvalue weighted by Crippen LogP contribution is -2.36. The Hall–Kier alpha value is -3.65. The molecular weight excluding hydrogens is 416 g/mol. The van der Waals surface area contributed by atoms with Crippen LogP contribution in [0.5, 0.6) is 5.75 Å². The van der Waals surface area contributed by atoms with E-state index in [0.29, 0.717) is 11.6 Å². The highest BCUT2D eigenvalue weighted by Gasteiger charge is 2.17. The Morgan fingerprint density at radius 3 is 2.36 bits per heavy atom. The summed E-state index contributed by atoms with van der Waals surface area (Å²) < 4.78 is 12.8. The molecule has 8 nitrogen and oxygen atoms in total. The van der Waals surface area contributed by atoms with E-state index in [1.54, 1.807) is 7.11 Å². The Bertz CT molecular complexity index is 1230. The third-order valence-electron chi connectivity index (χ3n) is 5.83. The molecule has 0 saturated carbocycles. The zero-order valence-corrected chi connectivity index (χ0v) is 19.2. The van der Waals surface area contributed by atoms with Gasteiger partial charge in [-0.25, -0.2) is 15.0 Å². The van der Waals surface area contributed by atoms with Crippen LogP contribution in [-0.4, -0.2) is 52.9 Å². The van der Waals surface area contributed by atoms with Crippen LogP contribution in [0.25, 0.3) is 22.6 Å². The summed E-state index contributed by atoms with van der Waals surface area (Å²) in [6.45, 7) is 7.60. The van der Waals surface area contributed by atoms with Crippen molar-refractivity contribution in [2.24, 2.45) is 0 Å². The number of benzene rings is 2. The van der Waals surface area contributed by atoms with Crippen LogP contribution in [-0.2, 0) is 4.74 Å². The number of hydrogen-bond acceptors (Lipinski definition) is 7. The van der Waals surface area contributed by atoms with E-state index in [9.17, 15) is 0 Å². The van der Waals surface area contributed by atoms with Gasteiger partial charge < -0.3 is 24.3 Å². The molecule has 170 valence electrons. The van der Waals surface area contributed by atoms with E-state index < -0.39 is 0 Å². The number of morpholine rings is 1. The minimum atomic E-state index is 0.231. The number of aromatic nitrogens is 4. The second kappa shape index (κ2) is 9.07. The fourth-order valence-corrected chi connectivity index (χ4v) is 3.96. The van der Waals surface area contributed by atoms with Crippen molar-refractivity contribution in [2.45, 2.75) is 19.9 Å². The summed E-state index contributed by atoms with van der Waals surface area (Å²) in [5.41, 5.74) is 4.61. The quantitative estimate of drug-likeness (QED) is 0.463. The zero-order chi connectivity index (χ0) is 22.8. The molecule has 5 rings (SSSR count). The molecule has 1 fully saturated rings. The molecule has 2 aromatic carbocycles. The van der Waals surface area contributed by atoms with Gasteiger partial charge in [0.25, 0.3) is 0 Å². The van der Waals surface area contributed by atoms with Crippen molar-refractivity contribution in [1.82, 2.24) is 19.5 Å². The topological polar surface area (TPSA) is 77.3 Å². The van der Waals surface area contributed by atoms with Gasteiger partial charge in [-0.15, -0.1) is 0 Å². The highest BCUT2D eigenvalue weighted by atomic mass is 16.5. The minimum absolute atomic E-state index is 0.231. The zero-order valence-electron chi connectivity index (χ0n) is 19.2. The molecule has 0 unspecified atom stereocenters. The van der Waals surface area contributed by atoms with Crippen molar-refractivity contribution < 1.29 is 9.47 Å². The van der Waals surface area contributed by atoms with Crippen molar-refractivity contribution in [3.05, 3.63) is 54.9 Å². The molecule has 0 bridgehead atoms. The van der Waals surface area contributed by atoms with Gasteiger partial charge in [-0.2, -0.15) is 0 Å². The van der Waals surface area contributed by atoms with E-state index in [2.05, 4.69) is 57.9 Å². The molecule has 2 aromatic heterocycles. The summed E-state index contributed by atoms with van der Waals surface area (Å²) in [5, 5.41) is 3.47. The van der Waals surface area contributed by atoms with Crippen LogP contribution in [0.1, 0.15) is 19.9 Å². The van der Waals surface area contributed by atoms with Gasteiger partial charge in [0.05, 0.1) is 26.7 Å². The molecule has 1 N–H and O–H groups in total. The van der Waals surface area contributed by atoms with Gasteiger partial charge in [0, 0.05) is 36.1 Å². The molecule has 0 spiro atoms. The summed E-state index contributed by atoms with van der Waals surface area (Å²) in [4.78, 5) is 16.6. The predicted octanol–water partition coefficient (Wildman–Crippen LogP) is 4.66. The predicted molar refractivity (Wildman–Crippen MR) is 130 cm³/mol. The van der Waals surface area contributed by atoms with E-state index >= 15 is 0 Å². The first-order valence-corrected chi connectivity index (χ1v) is 11.2. The van der Waals surface area contributed by atoms with Gasteiger partial charge in [0.15, 0.2) is 22.8 Å². The monoisotopic (exact) mass is 444 g/mol. The van der Waals surface area contributed by atoms with Gasteiger partial charge in [-0.1, -0.05) is 0 Å². The van der Waals surface area contributed by atoms with E-state index in [0.717, 1.165) is 54.5 Å². The molecule has 0 atom stereocenters. The number of rotatable bonds is 6. The molecule has 0 amide bonds. The number of anilines is 3. The Labute approximate surface area is 193 Å². The van der Waals surface area contributed by atoms with E-state index in [1.165, 1.54) is 5.69 Å². The maximum Gasteiger partial charge on any atom is 0.166 e. The Balaban J connectivity index is 1.50. The summed E-state index contributed by atoms with van der Waals surface area (Å²) in [6, 6.07) is 16.4. The molecule has 33 heavy (non-hydrogen) atoms. The molecular formula is C25H28N6O2. The van der Waals surface area contributed by atoms with Gasteiger partial charge in [0.1, 0.15) is 5.75 Å². The van der Waals surface area contributed by atoms with Crippen LogP contribution in [0, 0.1) is 0 Å². The highest BCUT2D eigenvalue weighted by molar-refractivity contribution is 5.87. The number of fused-ring (bicyclic) bond motifs is 1. The first-order valence-electron chi connectivity index (χ1n) is 11.2.